The maximum Gasteiger partial charge on any atom is 0.386 e. The van der Waals surface area contributed by atoms with E-state index in [1.54, 1.807) is 28.6 Å². The van der Waals surface area contributed by atoms with Crippen molar-refractivity contribution in [2.45, 2.75) is 26.5 Å². The highest BCUT2D eigenvalue weighted by atomic mass is 32.1. The molecule has 3 aromatic rings. The van der Waals surface area contributed by atoms with Crippen molar-refractivity contribution in [3.05, 3.63) is 22.8 Å². The summed E-state index contributed by atoms with van der Waals surface area (Å²) in [6.07, 6.45) is 2.52. The third-order valence-corrected chi connectivity index (χ3v) is 7.80. The number of morpholine rings is 1. The van der Waals surface area contributed by atoms with Crippen LogP contribution >= 0.6 is 11.3 Å². The number of amides is 1. The van der Waals surface area contributed by atoms with E-state index in [-0.39, 0.29) is 5.91 Å². The Morgan fingerprint density at radius 1 is 1.23 bits per heavy atom. The van der Waals surface area contributed by atoms with E-state index in [1.807, 2.05) is 0 Å². The molecule has 0 saturated carbocycles. The fraction of sp³-hybridized carbons (Fsp3) is 0.522. The first-order valence-corrected chi connectivity index (χ1v) is 12.7. The van der Waals surface area contributed by atoms with Gasteiger partial charge in [-0.2, -0.15) is 0 Å². The standard InChI is InChI=1S/C23H30N8O3S/c1-14-17(13-29-3-5-31(6-4-29)22(33)15(2)32)35-19-18(14)27-20(16-11-25-23(24)26-12-16)28-21(19)30-7-9-34-10-8-30/h11-12,15,32H,3-10,13H2,1-2H3,(H2,24,25,26)/p+1. The van der Waals surface area contributed by atoms with E-state index in [4.69, 9.17) is 20.4 Å². The van der Waals surface area contributed by atoms with Crippen LogP contribution in [0.25, 0.3) is 21.6 Å². The van der Waals surface area contributed by atoms with Gasteiger partial charge in [-0.05, 0) is 19.4 Å². The van der Waals surface area contributed by atoms with Gasteiger partial charge >= 0.3 is 5.95 Å². The number of hydrogen-bond acceptors (Lipinski definition) is 10. The van der Waals surface area contributed by atoms with Gasteiger partial charge in [0, 0.05) is 50.7 Å². The summed E-state index contributed by atoms with van der Waals surface area (Å²) in [7, 11) is 0. The highest BCUT2D eigenvalue weighted by Gasteiger charge is 2.26. The first-order chi connectivity index (χ1) is 16.9. The van der Waals surface area contributed by atoms with Crippen LogP contribution in [0.1, 0.15) is 17.4 Å². The van der Waals surface area contributed by atoms with Crippen LogP contribution in [0.5, 0.6) is 0 Å². The number of carbonyl (C=O) groups excluding carboxylic acids is 1. The molecule has 0 aromatic carbocycles. The van der Waals surface area contributed by atoms with Crippen molar-refractivity contribution in [1.82, 2.24) is 24.8 Å². The number of aryl methyl sites for hydroxylation is 1. The molecule has 5 heterocycles. The fourth-order valence-corrected chi connectivity index (χ4v) is 5.77. The maximum atomic E-state index is 12.1. The zero-order valence-electron chi connectivity index (χ0n) is 20.0. The number of aliphatic hydroxyl groups is 1. The number of hydrogen-bond donors (Lipinski definition) is 2. The average molecular weight is 500 g/mol. The van der Waals surface area contributed by atoms with E-state index < -0.39 is 6.10 Å². The van der Waals surface area contributed by atoms with Crippen LogP contribution in [0.3, 0.4) is 0 Å². The fourth-order valence-electron chi connectivity index (χ4n) is 4.47. The van der Waals surface area contributed by atoms with Gasteiger partial charge in [-0.25, -0.2) is 15.0 Å². The van der Waals surface area contributed by atoms with E-state index in [1.165, 1.54) is 11.8 Å². The lowest BCUT2D eigenvalue weighted by molar-refractivity contribution is -0.363. The van der Waals surface area contributed by atoms with Crippen molar-refractivity contribution in [3.8, 4) is 11.4 Å². The Morgan fingerprint density at radius 2 is 1.97 bits per heavy atom. The molecule has 2 aliphatic rings. The van der Waals surface area contributed by atoms with Gasteiger partial charge in [0.2, 0.25) is 0 Å². The molecule has 1 unspecified atom stereocenters. The second-order valence-corrected chi connectivity index (χ2v) is 10.1. The van der Waals surface area contributed by atoms with Crippen LogP contribution in [0.4, 0.5) is 11.8 Å². The number of anilines is 2. The van der Waals surface area contributed by atoms with Crippen LogP contribution in [0, 0.1) is 6.92 Å². The van der Waals surface area contributed by atoms with Crippen LogP contribution in [-0.4, -0.2) is 94.4 Å². The van der Waals surface area contributed by atoms with E-state index in [0.29, 0.717) is 38.1 Å². The number of nitrogens with two attached hydrogens (primary N) is 1. The lowest BCUT2D eigenvalue weighted by Crippen LogP contribution is -2.50. The molecule has 11 nitrogen and oxygen atoms in total. The van der Waals surface area contributed by atoms with Crippen molar-refractivity contribution in [1.29, 1.82) is 0 Å². The van der Waals surface area contributed by atoms with Crippen molar-refractivity contribution in [3.63, 3.8) is 0 Å². The van der Waals surface area contributed by atoms with Gasteiger partial charge in [0.25, 0.3) is 5.91 Å². The normalized spacial score (nSPS) is 18.3. The zero-order chi connectivity index (χ0) is 24.5. The van der Waals surface area contributed by atoms with Gasteiger partial charge in [-0.15, -0.1) is 11.3 Å². The lowest BCUT2D eigenvalue weighted by atomic mass is 10.2. The van der Waals surface area contributed by atoms with Gasteiger partial charge in [0.15, 0.2) is 11.6 Å². The Balaban J connectivity index is 1.45. The Labute approximate surface area is 207 Å². The highest BCUT2D eigenvalue weighted by molar-refractivity contribution is 7.19. The SMILES string of the molecule is Cc1c(CN2CCN(C(=O)C(C)O)CC2)sc2c(N3CCOCC3)nc(-c3cnc(N)[nH+]c3)nc12. The van der Waals surface area contributed by atoms with Crippen molar-refractivity contribution in [2.75, 3.05) is 63.1 Å². The quantitative estimate of drug-likeness (QED) is 0.509. The number of fused-ring (bicyclic) bond motifs is 1. The van der Waals surface area contributed by atoms with Gasteiger partial charge in [-0.1, -0.05) is 4.98 Å². The zero-order valence-corrected chi connectivity index (χ0v) is 20.8. The van der Waals surface area contributed by atoms with E-state index in [9.17, 15) is 9.90 Å². The van der Waals surface area contributed by atoms with Crippen LogP contribution in [0.15, 0.2) is 12.4 Å². The van der Waals surface area contributed by atoms with Gasteiger partial charge < -0.3 is 19.6 Å². The number of ether oxygens (including phenoxy) is 1. The molecule has 5 rings (SSSR count). The monoisotopic (exact) mass is 499 g/mol. The molecule has 0 spiro atoms. The summed E-state index contributed by atoms with van der Waals surface area (Å²) < 4.78 is 6.65. The Hall–Kier alpha value is -2.93. The molecule has 0 aliphatic carbocycles. The molecule has 2 saturated heterocycles. The number of nitrogens with zero attached hydrogens (tertiary/aromatic N) is 6. The van der Waals surface area contributed by atoms with Crippen LogP contribution < -0.4 is 15.6 Å². The molecule has 3 aromatic heterocycles. The summed E-state index contributed by atoms with van der Waals surface area (Å²) in [6.45, 7) is 10.1. The third kappa shape index (κ3) is 4.92. The number of aromatic nitrogens is 4. The van der Waals surface area contributed by atoms with Gasteiger partial charge in [0.1, 0.15) is 12.3 Å². The number of H-pyrrole nitrogens is 1. The number of rotatable bonds is 5. The first kappa shape index (κ1) is 23.8. The predicted octanol–water partition coefficient (Wildman–Crippen LogP) is 0.320. The predicted molar refractivity (Wildman–Crippen MR) is 133 cm³/mol. The summed E-state index contributed by atoms with van der Waals surface area (Å²) >= 11 is 1.74. The van der Waals surface area contributed by atoms with Crippen molar-refractivity contribution < 1.29 is 19.6 Å². The molecule has 0 bridgehead atoms. The first-order valence-electron chi connectivity index (χ1n) is 11.9. The largest absolute Gasteiger partial charge is 0.386 e. The molecule has 1 amide bonds. The molecule has 12 heteroatoms. The Kier molecular flexibility index (Phi) is 6.78. The number of nitrogens with one attached hydrogen (secondary N) is 1. The van der Waals surface area contributed by atoms with Gasteiger partial charge in [0.05, 0.1) is 35.2 Å². The minimum Gasteiger partial charge on any atom is -0.384 e. The van der Waals surface area contributed by atoms with E-state index in [0.717, 1.165) is 59.9 Å². The van der Waals surface area contributed by atoms with Crippen molar-refractivity contribution in [2.24, 2.45) is 0 Å². The number of carbonyl (C=O) groups is 1. The molecule has 4 N–H and O–H groups in total. The number of aromatic amines is 1. The second-order valence-electron chi connectivity index (χ2n) is 8.96. The smallest absolute Gasteiger partial charge is 0.384 e. The minimum absolute atomic E-state index is 0.199. The molecule has 2 fully saturated rings. The van der Waals surface area contributed by atoms with E-state index in [2.05, 4.69) is 26.7 Å². The summed E-state index contributed by atoms with van der Waals surface area (Å²) in [6, 6.07) is 0. The number of piperazine rings is 1. The Morgan fingerprint density at radius 3 is 2.63 bits per heavy atom. The van der Waals surface area contributed by atoms with Crippen LogP contribution in [0.2, 0.25) is 0 Å². The molecular weight excluding hydrogens is 468 g/mol. The number of nitrogen functional groups attached to an aromatic ring is 1. The number of aliphatic hydroxyl groups excluding tert-OH is 1. The molecule has 186 valence electrons. The summed E-state index contributed by atoms with van der Waals surface area (Å²) in [5.41, 5.74) is 8.62. The molecule has 35 heavy (non-hydrogen) atoms. The third-order valence-electron chi connectivity index (χ3n) is 6.54. The van der Waals surface area contributed by atoms with Crippen molar-refractivity contribution >= 4 is 39.2 Å². The topological polar surface area (TPSA) is 135 Å². The molecule has 2 aliphatic heterocycles. The average Bonchev–Trinajstić information content (AvgIpc) is 3.19. The lowest BCUT2D eigenvalue weighted by Gasteiger charge is -2.35. The van der Waals surface area contributed by atoms with Crippen LogP contribution in [-0.2, 0) is 16.1 Å². The summed E-state index contributed by atoms with van der Waals surface area (Å²) in [4.78, 5) is 36.7. The second kappa shape index (κ2) is 9.97. The minimum atomic E-state index is -0.952. The Bertz CT molecular complexity index is 1200. The van der Waals surface area contributed by atoms with E-state index >= 15 is 0 Å². The molecular formula is C23H31N8O3S+. The number of thiophene rings is 1. The highest BCUT2D eigenvalue weighted by Crippen LogP contribution is 2.38. The summed E-state index contributed by atoms with van der Waals surface area (Å²) in [5, 5.41) is 9.60. The molecule has 1 atom stereocenters. The maximum absolute atomic E-state index is 12.1. The molecule has 0 radical (unpaired) electrons. The summed E-state index contributed by atoms with van der Waals surface area (Å²) in [5.74, 6) is 1.68. The van der Waals surface area contributed by atoms with Gasteiger partial charge in [-0.3, -0.25) is 15.4 Å².